The minimum absolute atomic E-state index is 0.313. The molecule has 0 aliphatic rings. The molecule has 2 rings (SSSR count). The molecule has 0 spiro atoms. The Kier molecular flexibility index (Phi) is 4.78. The van der Waals surface area contributed by atoms with E-state index >= 15 is 0 Å². The summed E-state index contributed by atoms with van der Waals surface area (Å²) in [5, 5.41) is 5.86. The number of aromatic nitrogens is 3. The first-order chi connectivity index (χ1) is 8.76. The third-order valence-corrected chi connectivity index (χ3v) is 4.08. The lowest BCUT2D eigenvalue weighted by Crippen LogP contribution is -2.11. The number of rotatable bonds is 5. The molecule has 1 unspecified atom stereocenters. The lowest BCUT2D eigenvalue weighted by atomic mass is 9.97. The fraction of sp³-hybridized carbons (Fsp3) is 0.385. The molecule has 0 saturated carbocycles. The highest BCUT2D eigenvalue weighted by atomic mass is 79.9. The molecule has 0 saturated heterocycles. The summed E-state index contributed by atoms with van der Waals surface area (Å²) in [5.74, 6) is 1.31. The highest BCUT2D eigenvalue weighted by molar-refractivity contribution is 9.09. The molecule has 96 valence electrons. The normalized spacial score (nSPS) is 12.6. The Morgan fingerprint density at radius 3 is 2.83 bits per heavy atom. The maximum atomic E-state index is 6.25. The topological polar surface area (TPSA) is 30.7 Å². The summed E-state index contributed by atoms with van der Waals surface area (Å²) in [6.07, 6.45) is 2.44. The van der Waals surface area contributed by atoms with E-state index in [1.165, 1.54) is 0 Å². The molecule has 0 amide bonds. The lowest BCUT2D eigenvalue weighted by molar-refractivity contribution is 0.592. The summed E-state index contributed by atoms with van der Waals surface area (Å²) in [6.45, 7) is 2.91. The van der Waals surface area contributed by atoms with Crippen LogP contribution in [0.2, 0.25) is 5.02 Å². The van der Waals surface area contributed by atoms with Crippen molar-refractivity contribution in [3.05, 3.63) is 47.0 Å². The lowest BCUT2D eigenvalue weighted by Gasteiger charge is -2.15. The molecule has 1 heterocycles. The van der Waals surface area contributed by atoms with E-state index in [-0.39, 0.29) is 0 Å². The quantitative estimate of drug-likeness (QED) is 0.784. The van der Waals surface area contributed by atoms with E-state index in [0.717, 1.165) is 34.7 Å². The van der Waals surface area contributed by atoms with Gasteiger partial charge in [0.2, 0.25) is 0 Å². The van der Waals surface area contributed by atoms with Gasteiger partial charge in [0.15, 0.2) is 0 Å². The van der Waals surface area contributed by atoms with Crippen molar-refractivity contribution in [2.24, 2.45) is 0 Å². The van der Waals surface area contributed by atoms with Crippen molar-refractivity contribution in [2.75, 3.05) is 5.33 Å². The van der Waals surface area contributed by atoms with Gasteiger partial charge in [0.1, 0.15) is 12.2 Å². The average Bonchev–Trinajstić information content (AvgIpc) is 2.84. The maximum absolute atomic E-state index is 6.25. The number of hydrogen-bond acceptors (Lipinski definition) is 2. The summed E-state index contributed by atoms with van der Waals surface area (Å²) >= 11 is 9.81. The Bertz CT molecular complexity index is 512. The van der Waals surface area contributed by atoms with Gasteiger partial charge in [0, 0.05) is 29.2 Å². The van der Waals surface area contributed by atoms with E-state index in [1.54, 1.807) is 6.33 Å². The second-order valence-corrected chi connectivity index (χ2v) is 5.12. The number of hydrogen-bond donors (Lipinski definition) is 0. The fourth-order valence-electron chi connectivity index (χ4n) is 1.98. The van der Waals surface area contributed by atoms with E-state index < -0.39 is 0 Å². The van der Waals surface area contributed by atoms with Crippen LogP contribution in [0.25, 0.3) is 0 Å². The molecule has 18 heavy (non-hydrogen) atoms. The first-order valence-corrected chi connectivity index (χ1v) is 7.43. The predicted octanol–water partition coefficient (Wildman–Crippen LogP) is 3.67. The summed E-state index contributed by atoms with van der Waals surface area (Å²) in [7, 11) is 0. The van der Waals surface area contributed by atoms with E-state index in [2.05, 4.69) is 39.0 Å². The number of benzene rings is 1. The molecule has 0 N–H and O–H groups in total. The van der Waals surface area contributed by atoms with Crippen LogP contribution in [0.4, 0.5) is 0 Å². The van der Waals surface area contributed by atoms with Gasteiger partial charge in [-0.15, -0.1) is 0 Å². The minimum atomic E-state index is 0.313. The van der Waals surface area contributed by atoms with Gasteiger partial charge in [-0.3, -0.25) is 4.68 Å². The summed E-state index contributed by atoms with van der Waals surface area (Å²) in [6, 6.07) is 7.96. The monoisotopic (exact) mass is 327 g/mol. The van der Waals surface area contributed by atoms with Crippen molar-refractivity contribution in [3.63, 3.8) is 0 Å². The molecule has 2 aromatic rings. The van der Waals surface area contributed by atoms with Crippen molar-refractivity contribution in [1.29, 1.82) is 0 Å². The van der Waals surface area contributed by atoms with Crippen molar-refractivity contribution in [1.82, 2.24) is 14.8 Å². The molecular formula is C13H15BrClN3. The third kappa shape index (κ3) is 2.93. The first-order valence-electron chi connectivity index (χ1n) is 5.93. The highest BCUT2D eigenvalue weighted by Crippen LogP contribution is 2.28. The van der Waals surface area contributed by atoms with Crippen LogP contribution in [-0.4, -0.2) is 20.1 Å². The van der Waals surface area contributed by atoms with Gasteiger partial charge in [-0.05, 0) is 18.6 Å². The second kappa shape index (κ2) is 6.34. The zero-order valence-electron chi connectivity index (χ0n) is 10.2. The summed E-state index contributed by atoms with van der Waals surface area (Å²) < 4.78 is 1.92. The van der Waals surface area contributed by atoms with Crippen LogP contribution in [-0.2, 0) is 13.0 Å². The molecule has 1 aromatic carbocycles. The van der Waals surface area contributed by atoms with E-state index in [4.69, 9.17) is 11.6 Å². The van der Waals surface area contributed by atoms with Crippen LogP contribution in [0, 0.1) is 0 Å². The SMILES string of the molecule is CCn1ncnc1CC(CBr)c1ccccc1Cl. The molecular weight excluding hydrogens is 314 g/mol. The zero-order chi connectivity index (χ0) is 13.0. The van der Waals surface area contributed by atoms with Crippen LogP contribution >= 0.6 is 27.5 Å². The van der Waals surface area contributed by atoms with Gasteiger partial charge < -0.3 is 0 Å². The standard InChI is InChI=1S/C13H15BrClN3/c1-2-18-13(16-9-17-18)7-10(8-14)11-5-3-4-6-12(11)15/h3-6,9-10H,2,7-8H2,1H3. The second-order valence-electron chi connectivity index (χ2n) is 4.07. The molecule has 0 aliphatic heterocycles. The molecule has 5 heteroatoms. The van der Waals surface area contributed by atoms with Crippen LogP contribution in [0.1, 0.15) is 24.2 Å². The van der Waals surface area contributed by atoms with E-state index in [0.29, 0.717) is 5.92 Å². The van der Waals surface area contributed by atoms with Gasteiger partial charge in [-0.2, -0.15) is 5.10 Å². The first kappa shape index (κ1) is 13.6. The largest absolute Gasteiger partial charge is 0.250 e. The van der Waals surface area contributed by atoms with Gasteiger partial charge in [-0.25, -0.2) is 4.98 Å². The number of alkyl halides is 1. The molecule has 0 aliphatic carbocycles. The van der Waals surface area contributed by atoms with E-state index in [9.17, 15) is 0 Å². The molecule has 1 atom stereocenters. The van der Waals surface area contributed by atoms with Gasteiger partial charge in [-0.1, -0.05) is 45.7 Å². The Morgan fingerprint density at radius 1 is 1.39 bits per heavy atom. The predicted molar refractivity (Wildman–Crippen MR) is 77.4 cm³/mol. The van der Waals surface area contributed by atoms with Gasteiger partial charge in [0.05, 0.1) is 0 Å². The highest BCUT2D eigenvalue weighted by Gasteiger charge is 2.16. The Hall–Kier alpha value is -0.870. The van der Waals surface area contributed by atoms with Gasteiger partial charge in [0.25, 0.3) is 0 Å². The third-order valence-electron chi connectivity index (χ3n) is 2.96. The summed E-state index contributed by atoms with van der Waals surface area (Å²) in [5.41, 5.74) is 1.15. The number of aryl methyl sites for hydroxylation is 1. The Morgan fingerprint density at radius 2 is 2.17 bits per heavy atom. The molecule has 0 bridgehead atoms. The number of halogens is 2. The van der Waals surface area contributed by atoms with Crippen molar-refractivity contribution in [3.8, 4) is 0 Å². The number of nitrogens with zero attached hydrogens (tertiary/aromatic N) is 3. The zero-order valence-corrected chi connectivity index (χ0v) is 12.5. The molecule has 3 nitrogen and oxygen atoms in total. The molecule has 0 fully saturated rings. The Labute approximate surface area is 120 Å². The van der Waals surface area contributed by atoms with Crippen LogP contribution in [0.15, 0.2) is 30.6 Å². The molecule has 1 aromatic heterocycles. The smallest absolute Gasteiger partial charge is 0.138 e. The maximum Gasteiger partial charge on any atom is 0.138 e. The van der Waals surface area contributed by atoms with Crippen molar-refractivity contribution < 1.29 is 0 Å². The van der Waals surface area contributed by atoms with Gasteiger partial charge >= 0.3 is 0 Å². The summed E-state index contributed by atoms with van der Waals surface area (Å²) in [4.78, 5) is 4.32. The molecule has 0 radical (unpaired) electrons. The minimum Gasteiger partial charge on any atom is -0.250 e. The average molecular weight is 329 g/mol. The van der Waals surface area contributed by atoms with E-state index in [1.807, 2.05) is 22.9 Å². The Balaban J connectivity index is 2.23. The van der Waals surface area contributed by atoms with Crippen LogP contribution in [0.5, 0.6) is 0 Å². The van der Waals surface area contributed by atoms with Crippen molar-refractivity contribution >= 4 is 27.5 Å². The van der Waals surface area contributed by atoms with Crippen LogP contribution in [0.3, 0.4) is 0 Å². The van der Waals surface area contributed by atoms with Crippen molar-refractivity contribution in [2.45, 2.75) is 25.8 Å². The fourth-order valence-corrected chi connectivity index (χ4v) is 2.85. The van der Waals surface area contributed by atoms with Crippen LogP contribution < -0.4 is 0 Å².